The molecular formula is C48H42N2O12. The van der Waals surface area contributed by atoms with Crippen LogP contribution in [0.3, 0.4) is 0 Å². The van der Waals surface area contributed by atoms with Crippen LogP contribution in [-0.2, 0) is 0 Å². The molecule has 4 aromatic carbocycles. The lowest BCUT2D eigenvalue weighted by Crippen LogP contribution is -2.09. The molecule has 0 spiro atoms. The molecule has 0 saturated heterocycles. The molecule has 316 valence electrons. The molecule has 0 fully saturated rings. The number of nitrogens with zero attached hydrogens (tertiary/aromatic N) is 2. The van der Waals surface area contributed by atoms with Gasteiger partial charge in [0.05, 0.1) is 26.4 Å². The topological polar surface area (TPSA) is 212 Å². The van der Waals surface area contributed by atoms with Crippen molar-refractivity contribution in [3.05, 3.63) is 178 Å². The summed E-state index contributed by atoms with van der Waals surface area (Å²) in [6.45, 7) is 1.25. The van der Waals surface area contributed by atoms with Gasteiger partial charge in [-0.25, -0.2) is 29.1 Å². The number of pyridine rings is 2. The predicted octanol–water partition coefficient (Wildman–Crippen LogP) is 8.75. The Bertz CT molecular complexity index is 2280. The fourth-order valence-corrected chi connectivity index (χ4v) is 6.34. The summed E-state index contributed by atoms with van der Waals surface area (Å²) in [6.07, 6.45) is 2.42. The second kappa shape index (κ2) is 21.3. The highest BCUT2D eigenvalue weighted by atomic mass is 16.5. The Labute approximate surface area is 356 Å². The fourth-order valence-electron chi connectivity index (χ4n) is 6.34. The van der Waals surface area contributed by atoms with E-state index in [1.54, 1.807) is 0 Å². The normalized spacial score (nSPS) is 11.2. The molecule has 14 nitrogen and oxygen atoms in total. The van der Waals surface area contributed by atoms with Gasteiger partial charge >= 0.3 is 23.9 Å². The third-order valence-corrected chi connectivity index (χ3v) is 9.29. The van der Waals surface area contributed by atoms with Gasteiger partial charge < -0.3 is 39.4 Å². The van der Waals surface area contributed by atoms with Crippen LogP contribution in [0.2, 0.25) is 0 Å². The first-order chi connectivity index (χ1) is 30.0. The first-order valence-corrected chi connectivity index (χ1v) is 19.6. The molecule has 0 saturated carbocycles. The van der Waals surface area contributed by atoms with Crippen LogP contribution in [0.4, 0.5) is 0 Å². The second-order valence-electron chi connectivity index (χ2n) is 13.7. The average Bonchev–Trinajstić information content (AvgIpc) is 3.28. The third kappa shape index (κ3) is 12.0. The first kappa shape index (κ1) is 43.6. The number of hydrogen-bond donors (Lipinski definition) is 4. The summed E-state index contributed by atoms with van der Waals surface area (Å²) in [7, 11) is 0. The molecule has 0 bridgehead atoms. The van der Waals surface area contributed by atoms with Crippen molar-refractivity contribution >= 4 is 35.0 Å². The minimum Gasteiger partial charge on any atom is -0.494 e. The third-order valence-electron chi connectivity index (χ3n) is 9.29. The van der Waals surface area contributed by atoms with Gasteiger partial charge in [-0.2, -0.15) is 0 Å². The van der Waals surface area contributed by atoms with E-state index in [2.05, 4.69) is 34.2 Å². The van der Waals surface area contributed by atoms with Crippen molar-refractivity contribution in [2.24, 2.45) is 0 Å². The van der Waals surface area contributed by atoms with E-state index >= 15 is 0 Å². The number of carboxylic acids is 4. The number of aromatic nitrogens is 2. The van der Waals surface area contributed by atoms with Gasteiger partial charge in [0, 0.05) is 24.3 Å². The van der Waals surface area contributed by atoms with Crippen LogP contribution >= 0.6 is 0 Å². The van der Waals surface area contributed by atoms with Gasteiger partial charge in [0.2, 0.25) is 0 Å². The van der Waals surface area contributed by atoms with Crippen LogP contribution in [0.15, 0.2) is 133 Å². The number of aromatic carboxylic acids is 4. The molecule has 0 aliphatic heterocycles. The van der Waals surface area contributed by atoms with E-state index in [-0.39, 0.29) is 24.7 Å². The van der Waals surface area contributed by atoms with Gasteiger partial charge in [0.1, 0.15) is 23.0 Å². The Balaban J connectivity index is 1.10. The van der Waals surface area contributed by atoms with E-state index in [0.717, 1.165) is 33.4 Å². The highest BCUT2D eigenvalue weighted by Crippen LogP contribution is 2.38. The fraction of sp³-hybridized carbons (Fsp3) is 0.167. The average molecular weight is 839 g/mol. The summed E-state index contributed by atoms with van der Waals surface area (Å²) in [4.78, 5) is 52.6. The maximum atomic E-state index is 11.3. The summed E-state index contributed by atoms with van der Waals surface area (Å²) in [6, 6.07) is 40.9. The van der Waals surface area contributed by atoms with Crippen molar-refractivity contribution in [2.75, 3.05) is 26.4 Å². The van der Waals surface area contributed by atoms with Gasteiger partial charge in [-0.15, -0.1) is 0 Å². The van der Waals surface area contributed by atoms with Crippen LogP contribution in [0.25, 0.3) is 11.1 Å². The van der Waals surface area contributed by atoms with E-state index in [4.69, 9.17) is 18.9 Å². The predicted molar refractivity (Wildman–Crippen MR) is 228 cm³/mol. The van der Waals surface area contributed by atoms with Crippen molar-refractivity contribution < 1.29 is 58.6 Å². The largest absolute Gasteiger partial charge is 0.494 e. The molecule has 62 heavy (non-hydrogen) atoms. The number of hydrogen-bond acceptors (Lipinski definition) is 10. The summed E-state index contributed by atoms with van der Waals surface area (Å²) < 4.78 is 23.3. The lowest BCUT2D eigenvalue weighted by atomic mass is 9.86. The zero-order valence-corrected chi connectivity index (χ0v) is 33.3. The number of benzene rings is 4. The van der Waals surface area contributed by atoms with Crippen molar-refractivity contribution in [3.63, 3.8) is 0 Å². The van der Waals surface area contributed by atoms with Gasteiger partial charge in [-0.3, -0.25) is 0 Å². The second-order valence-corrected chi connectivity index (χ2v) is 13.7. The van der Waals surface area contributed by atoms with E-state index in [1.165, 1.54) is 24.3 Å². The van der Waals surface area contributed by atoms with E-state index in [9.17, 15) is 39.6 Å². The van der Waals surface area contributed by atoms with Crippen LogP contribution in [0.5, 0.6) is 23.0 Å². The van der Waals surface area contributed by atoms with Crippen LogP contribution in [-0.4, -0.2) is 80.7 Å². The molecule has 0 aliphatic rings. The molecule has 0 amide bonds. The van der Waals surface area contributed by atoms with Crippen molar-refractivity contribution in [2.45, 2.75) is 25.7 Å². The minimum atomic E-state index is -1.35. The summed E-state index contributed by atoms with van der Waals surface area (Å²) in [5.41, 5.74) is 4.39. The molecule has 0 aliphatic carbocycles. The summed E-state index contributed by atoms with van der Waals surface area (Å²) in [5.74, 6) is -3.79. The number of ether oxygens (including phenoxy) is 4. The lowest BCUT2D eigenvalue weighted by molar-refractivity contribution is 0.0663. The minimum absolute atomic E-state index is 0.118. The first-order valence-electron chi connectivity index (χ1n) is 19.6. The summed E-state index contributed by atoms with van der Waals surface area (Å²) >= 11 is 0. The van der Waals surface area contributed by atoms with E-state index in [1.807, 2.05) is 84.9 Å². The SMILES string of the molecule is O=C(O)c1cc(OCCCCOc2ccc(/C(=C(\c3ccccc3)c3ccc(OCCCCOc4cc(C(=O)O)nc(C(=O)O)c4)cc3)c3ccccc3)cc2)cc(C(=O)O)n1. The van der Waals surface area contributed by atoms with Gasteiger partial charge in [0.25, 0.3) is 0 Å². The number of carbonyl (C=O) groups is 4. The molecule has 4 N–H and O–H groups in total. The molecule has 2 heterocycles. The Kier molecular flexibility index (Phi) is 15.0. The van der Waals surface area contributed by atoms with Crippen LogP contribution < -0.4 is 18.9 Å². The molecule has 2 aromatic heterocycles. The molecule has 6 rings (SSSR count). The van der Waals surface area contributed by atoms with Gasteiger partial charge in [0.15, 0.2) is 22.8 Å². The van der Waals surface area contributed by atoms with Crippen molar-refractivity contribution in [1.29, 1.82) is 0 Å². The van der Waals surface area contributed by atoms with Crippen LogP contribution in [0, 0.1) is 0 Å². The van der Waals surface area contributed by atoms with Gasteiger partial charge in [-0.1, -0.05) is 84.9 Å². The summed E-state index contributed by atoms with van der Waals surface area (Å²) in [5, 5.41) is 37.0. The molecule has 14 heteroatoms. The Morgan fingerprint density at radius 1 is 0.355 bits per heavy atom. The Morgan fingerprint density at radius 2 is 0.613 bits per heavy atom. The molecule has 0 radical (unpaired) electrons. The maximum absolute atomic E-state index is 11.3. The van der Waals surface area contributed by atoms with Crippen molar-refractivity contribution in [3.8, 4) is 23.0 Å². The smallest absolute Gasteiger partial charge is 0.354 e. The highest BCUT2D eigenvalue weighted by molar-refractivity contribution is 6.04. The lowest BCUT2D eigenvalue weighted by Gasteiger charge is -2.19. The maximum Gasteiger partial charge on any atom is 0.354 e. The molecule has 0 unspecified atom stereocenters. The molecule has 6 aromatic rings. The molecular weight excluding hydrogens is 797 g/mol. The monoisotopic (exact) mass is 838 g/mol. The van der Waals surface area contributed by atoms with Crippen molar-refractivity contribution in [1.82, 2.24) is 9.97 Å². The zero-order chi connectivity index (χ0) is 43.8. The van der Waals surface area contributed by atoms with E-state index in [0.29, 0.717) is 50.4 Å². The number of unbranched alkanes of at least 4 members (excludes halogenated alkanes) is 2. The standard InChI is InChI=1S/C48H42N2O12/c51-45(52)39-27-37(28-40(49-39)46(53)54)61-25-9-7-23-59-35-19-15-33(16-20-35)43(31-11-3-1-4-12-31)44(32-13-5-2-6-14-32)34-17-21-36(22-18-34)60-24-8-10-26-62-38-29-41(47(55)56)50-42(30-38)48(57)58/h1-6,11-22,27-30H,7-10,23-26H2,(H,51,52)(H,53,54)(H,55,56)(H,57,58)/b44-43+. The van der Waals surface area contributed by atoms with E-state index < -0.39 is 46.7 Å². The Morgan fingerprint density at radius 3 is 0.887 bits per heavy atom. The molecule has 0 atom stereocenters. The highest BCUT2D eigenvalue weighted by Gasteiger charge is 2.18. The van der Waals surface area contributed by atoms with Gasteiger partial charge in [-0.05, 0) is 83.3 Å². The Hall–Kier alpha value is -8.00. The van der Waals surface area contributed by atoms with Crippen LogP contribution in [0.1, 0.15) is 89.9 Å². The zero-order valence-electron chi connectivity index (χ0n) is 33.3. The quantitative estimate of drug-likeness (QED) is 0.0372. The number of carboxylic acid groups (broad SMARTS) is 4. The number of rotatable bonds is 22.